The fraction of sp³-hybridized carbons (Fsp3) is 0.778. The minimum Gasteiger partial charge on any atom is -0.327 e. The molecule has 1 unspecified atom stereocenters. The lowest BCUT2D eigenvalue weighted by Gasteiger charge is -2.12. The lowest BCUT2D eigenvalue weighted by Crippen LogP contribution is -2.23. The Morgan fingerprint density at radius 2 is 2.23 bits per heavy atom. The summed E-state index contributed by atoms with van der Waals surface area (Å²) in [6.07, 6.45) is 3.56. The lowest BCUT2D eigenvalue weighted by atomic mass is 10.1. The first kappa shape index (κ1) is 10.2. The molecular formula is C9H18N4. The zero-order valence-corrected chi connectivity index (χ0v) is 8.57. The van der Waals surface area contributed by atoms with Crippen LogP contribution in [0, 0.1) is 0 Å². The summed E-state index contributed by atoms with van der Waals surface area (Å²) < 4.78 is 2.06. The topological polar surface area (TPSA) is 56.7 Å². The van der Waals surface area contributed by atoms with Gasteiger partial charge in [-0.3, -0.25) is 0 Å². The Kier molecular flexibility index (Phi) is 3.42. The number of rotatable bonds is 4. The molecule has 4 heteroatoms. The van der Waals surface area contributed by atoms with Crippen molar-refractivity contribution in [1.29, 1.82) is 0 Å². The van der Waals surface area contributed by atoms with Gasteiger partial charge < -0.3 is 10.3 Å². The standard InChI is InChI=1S/C9H18N4/c1-4-8(10)5-9-12-11-6-13(9)7(2)3/h6-8H,4-5,10H2,1-3H3. The molecule has 4 nitrogen and oxygen atoms in total. The summed E-state index contributed by atoms with van der Waals surface area (Å²) in [5.74, 6) is 0.990. The first-order chi connectivity index (χ1) is 6.15. The average molecular weight is 182 g/mol. The number of hydrogen-bond acceptors (Lipinski definition) is 3. The van der Waals surface area contributed by atoms with Gasteiger partial charge in [-0.25, -0.2) is 0 Å². The van der Waals surface area contributed by atoms with Crippen molar-refractivity contribution in [2.75, 3.05) is 0 Å². The highest BCUT2D eigenvalue weighted by Crippen LogP contribution is 2.08. The van der Waals surface area contributed by atoms with Gasteiger partial charge in [-0.05, 0) is 20.3 Å². The maximum absolute atomic E-state index is 5.85. The van der Waals surface area contributed by atoms with Crippen LogP contribution in [0.4, 0.5) is 0 Å². The second-order valence-corrected chi connectivity index (χ2v) is 3.62. The van der Waals surface area contributed by atoms with E-state index >= 15 is 0 Å². The highest BCUT2D eigenvalue weighted by Gasteiger charge is 2.10. The third-order valence-electron chi connectivity index (χ3n) is 2.17. The number of aromatic nitrogens is 3. The van der Waals surface area contributed by atoms with Crippen LogP contribution in [-0.4, -0.2) is 20.8 Å². The molecule has 0 aromatic carbocycles. The van der Waals surface area contributed by atoms with Crippen LogP contribution in [0.15, 0.2) is 6.33 Å². The van der Waals surface area contributed by atoms with Crippen molar-refractivity contribution in [3.63, 3.8) is 0 Å². The molecule has 1 aromatic heterocycles. The van der Waals surface area contributed by atoms with Crippen molar-refractivity contribution < 1.29 is 0 Å². The maximum Gasteiger partial charge on any atom is 0.134 e. The van der Waals surface area contributed by atoms with Crippen molar-refractivity contribution in [3.8, 4) is 0 Å². The Bertz CT molecular complexity index is 254. The highest BCUT2D eigenvalue weighted by molar-refractivity contribution is 4.91. The van der Waals surface area contributed by atoms with E-state index in [0.717, 1.165) is 18.7 Å². The average Bonchev–Trinajstić information content (AvgIpc) is 2.52. The van der Waals surface area contributed by atoms with Crippen molar-refractivity contribution in [1.82, 2.24) is 14.8 Å². The molecule has 1 atom stereocenters. The summed E-state index contributed by atoms with van der Waals surface area (Å²) in [4.78, 5) is 0. The molecule has 2 N–H and O–H groups in total. The summed E-state index contributed by atoms with van der Waals surface area (Å²) >= 11 is 0. The van der Waals surface area contributed by atoms with Crippen molar-refractivity contribution in [2.45, 2.75) is 45.7 Å². The number of nitrogens with two attached hydrogens (primary N) is 1. The van der Waals surface area contributed by atoms with Crippen molar-refractivity contribution >= 4 is 0 Å². The first-order valence-electron chi connectivity index (χ1n) is 4.79. The first-order valence-corrected chi connectivity index (χ1v) is 4.79. The predicted molar refractivity (Wildman–Crippen MR) is 52.4 cm³/mol. The van der Waals surface area contributed by atoms with Crippen LogP contribution in [0.3, 0.4) is 0 Å². The molecule has 0 bridgehead atoms. The van der Waals surface area contributed by atoms with Crippen LogP contribution in [0.1, 0.15) is 39.1 Å². The summed E-state index contributed by atoms with van der Waals surface area (Å²) in [6, 6.07) is 0.607. The normalized spacial score (nSPS) is 13.6. The maximum atomic E-state index is 5.85. The van der Waals surface area contributed by atoms with Gasteiger partial charge >= 0.3 is 0 Å². The summed E-state index contributed by atoms with van der Waals surface area (Å²) in [5, 5.41) is 7.95. The Labute approximate surface area is 79.2 Å². The molecule has 0 aliphatic carbocycles. The zero-order valence-electron chi connectivity index (χ0n) is 8.57. The minimum atomic E-state index is 0.196. The summed E-state index contributed by atoms with van der Waals surface area (Å²) in [6.45, 7) is 6.31. The largest absolute Gasteiger partial charge is 0.327 e. The molecular weight excluding hydrogens is 164 g/mol. The lowest BCUT2D eigenvalue weighted by molar-refractivity contribution is 0.535. The predicted octanol–water partition coefficient (Wildman–Crippen LogP) is 1.14. The molecule has 0 radical (unpaired) electrons. The SMILES string of the molecule is CCC(N)Cc1nncn1C(C)C. The molecule has 0 aliphatic rings. The molecule has 0 saturated carbocycles. The van der Waals surface area contributed by atoms with Gasteiger partial charge in [0.05, 0.1) is 0 Å². The molecule has 13 heavy (non-hydrogen) atoms. The second-order valence-electron chi connectivity index (χ2n) is 3.62. The van der Waals surface area contributed by atoms with Crippen LogP contribution < -0.4 is 5.73 Å². The smallest absolute Gasteiger partial charge is 0.134 e. The van der Waals surface area contributed by atoms with E-state index in [1.807, 2.05) is 0 Å². The molecule has 0 fully saturated rings. The zero-order chi connectivity index (χ0) is 9.84. The van der Waals surface area contributed by atoms with Crippen molar-refractivity contribution in [3.05, 3.63) is 12.2 Å². The van der Waals surface area contributed by atoms with E-state index < -0.39 is 0 Å². The van der Waals surface area contributed by atoms with Gasteiger partial charge in [-0.1, -0.05) is 6.92 Å². The Morgan fingerprint density at radius 1 is 1.54 bits per heavy atom. The van der Waals surface area contributed by atoms with Crippen LogP contribution in [0.2, 0.25) is 0 Å². The van der Waals surface area contributed by atoms with Crippen LogP contribution in [0.5, 0.6) is 0 Å². The second kappa shape index (κ2) is 4.37. The van der Waals surface area contributed by atoms with E-state index in [4.69, 9.17) is 5.73 Å². The quantitative estimate of drug-likeness (QED) is 0.759. The van der Waals surface area contributed by atoms with Gasteiger partial charge in [0, 0.05) is 18.5 Å². The van der Waals surface area contributed by atoms with E-state index in [-0.39, 0.29) is 6.04 Å². The van der Waals surface area contributed by atoms with E-state index in [2.05, 4.69) is 35.5 Å². The molecule has 1 rings (SSSR count). The molecule has 0 aliphatic heterocycles. The van der Waals surface area contributed by atoms with E-state index in [9.17, 15) is 0 Å². The molecule has 1 aromatic rings. The van der Waals surface area contributed by atoms with E-state index in [1.165, 1.54) is 0 Å². The van der Waals surface area contributed by atoms with Crippen LogP contribution in [0.25, 0.3) is 0 Å². The van der Waals surface area contributed by atoms with Gasteiger partial charge in [-0.15, -0.1) is 10.2 Å². The number of hydrogen-bond donors (Lipinski definition) is 1. The van der Waals surface area contributed by atoms with Gasteiger partial charge in [-0.2, -0.15) is 0 Å². The Hall–Kier alpha value is -0.900. The fourth-order valence-corrected chi connectivity index (χ4v) is 1.22. The Morgan fingerprint density at radius 3 is 2.77 bits per heavy atom. The highest BCUT2D eigenvalue weighted by atomic mass is 15.3. The monoisotopic (exact) mass is 182 g/mol. The van der Waals surface area contributed by atoms with Gasteiger partial charge in [0.15, 0.2) is 0 Å². The third kappa shape index (κ3) is 2.52. The van der Waals surface area contributed by atoms with E-state index in [0.29, 0.717) is 6.04 Å². The number of nitrogens with zero attached hydrogens (tertiary/aromatic N) is 3. The minimum absolute atomic E-state index is 0.196. The summed E-state index contributed by atoms with van der Waals surface area (Å²) in [7, 11) is 0. The van der Waals surface area contributed by atoms with Crippen LogP contribution >= 0.6 is 0 Å². The molecule has 0 spiro atoms. The van der Waals surface area contributed by atoms with Crippen LogP contribution in [-0.2, 0) is 6.42 Å². The van der Waals surface area contributed by atoms with Gasteiger partial charge in [0.25, 0.3) is 0 Å². The van der Waals surface area contributed by atoms with E-state index in [1.54, 1.807) is 6.33 Å². The van der Waals surface area contributed by atoms with Crippen molar-refractivity contribution in [2.24, 2.45) is 5.73 Å². The molecule has 1 heterocycles. The summed E-state index contributed by atoms with van der Waals surface area (Å²) in [5.41, 5.74) is 5.85. The van der Waals surface area contributed by atoms with Gasteiger partial charge in [0.1, 0.15) is 12.2 Å². The molecule has 74 valence electrons. The molecule has 0 amide bonds. The molecule has 0 saturated heterocycles. The third-order valence-corrected chi connectivity index (χ3v) is 2.17. The Balaban J connectivity index is 2.70. The fourth-order valence-electron chi connectivity index (χ4n) is 1.22. The van der Waals surface area contributed by atoms with Gasteiger partial charge in [0.2, 0.25) is 0 Å².